The molecule has 0 aliphatic rings. The van der Waals surface area contributed by atoms with Gasteiger partial charge in [0.2, 0.25) is 0 Å². The lowest BCUT2D eigenvalue weighted by Crippen LogP contribution is -2.48. The zero-order valence-electron chi connectivity index (χ0n) is 5.35. The van der Waals surface area contributed by atoms with Gasteiger partial charge in [-0.3, -0.25) is 4.79 Å². The molecular weight excluding hydrogens is 142 g/mol. The highest BCUT2D eigenvalue weighted by atomic mass is 16.7. The van der Waals surface area contributed by atoms with Crippen LogP contribution in [0, 0.1) is 0 Å². The van der Waals surface area contributed by atoms with Crippen LogP contribution in [0.3, 0.4) is 0 Å². The van der Waals surface area contributed by atoms with Gasteiger partial charge in [-0.2, -0.15) is 0 Å². The lowest BCUT2D eigenvalue weighted by atomic mass is 10.6. The average molecular weight is 151 g/mol. The van der Waals surface area contributed by atoms with E-state index in [9.17, 15) is 4.79 Å². The molecule has 6 nitrogen and oxygen atoms in total. The molecule has 6 heteroatoms. The third kappa shape index (κ3) is 3.36. The van der Waals surface area contributed by atoms with Crippen LogP contribution in [0.5, 0.6) is 0 Å². The van der Waals surface area contributed by atoms with Crippen LogP contribution >= 0.6 is 0 Å². The summed E-state index contributed by atoms with van der Waals surface area (Å²) in [6, 6.07) is 0. The number of aliphatic hydroxyl groups is 3. The first-order valence-corrected chi connectivity index (χ1v) is 2.44. The lowest BCUT2D eigenvalue weighted by molar-refractivity contribution is -0.386. The highest BCUT2D eigenvalue weighted by Crippen LogP contribution is 1.98. The van der Waals surface area contributed by atoms with Gasteiger partial charge in [-0.15, -0.1) is 0 Å². The first-order chi connectivity index (χ1) is 4.34. The van der Waals surface area contributed by atoms with Gasteiger partial charge >= 0.3 is 12.1 Å². The van der Waals surface area contributed by atoms with Crippen molar-refractivity contribution in [2.45, 2.75) is 6.10 Å². The van der Waals surface area contributed by atoms with E-state index in [0.717, 1.165) is 7.05 Å². The number of hydrogen-bond acceptors (Lipinski definition) is 5. The summed E-state index contributed by atoms with van der Waals surface area (Å²) in [6.45, 7) is -0.649. The molecule has 0 amide bonds. The van der Waals surface area contributed by atoms with Crippen LogP contribution in [-0.4, -0.2) is 51.0 Å². The van der Waals surface area contributed by atoms with Crippen LogP contribution in [0.25, 0.3) is 0 Å². The van der Waals surface area contributed by atoms with E-state index in [-0.39, 0.29) is 0 Å². The maximum Gasteiger partial charge on any atom is 0.346 e. The summed E-state index contributed by atoms with van der Waals surface area (Å²) in [4.78, 5) is 10.3. The van der Waals surface area contributed by atoms with Crippen LogP contribution in [0.1, 0.15) is 0 Å². The highest BCUT2D eigenvalue weighted by molar-refractivity contribution is 5.69. The Morgan fingerprint density at radius 1 is 1.50 bits per heavy atom. The van der Waals surface area contributed by atoms with Crippen molar-refractivity contribution in [3.05, 3.63) is 0 Å². The van der Waals surface area contributed by atoms with Crippen molar-refractivity contribution >= 4 is 5.97 Å². The summed E-state index contributed by atoms with van der Waals surface area (Å²) in [5.74, 6) is -1.26. The number of nitrogens with zero attached hydrogens (tertiary/aromatic N) is 1. The van der Waals surface area contributed by atoms with E-state index in [1.807, 2.05) is 0 Å². The number of carboxylic acid groups (broad SMARTS) is 1. The Kier molecular flexibility index (Phi) is 2.73. The molecule has 0 fully saturated rings. The standard InChI is InChI=1S/C4H9NO5/c1-5(2-3(6)7)4(8,9)10/h8-10H,2H2,1H3,(H,6,7). The second-order valence-electron chi connectivity index (χ2n) is 1.85. The fourth-order valence-electron chi connectivity index (χ4n) is 0.309. The Balaban J connectivity index is 3.85. The molecule has 10 heavy (non-hydrogen) atoms. The number of likely N-dealkylation sites (N-methyl/N-ethyl adjacent to an activating group) is 1. The van der Waals surface area contributed by atoms with Crippen molar-refractivity contribution in [1.82, 2.24) is 4.90 Å². The molecule has 0 saturated carbocycles. The lowest BCUT2D eigenvalue weighted by Gasteiger charge is -2.23. The van der Waals surface area contributed by atoms with E-state index in [1.165, 1.54) is 0 Å². The van der Waals surface area contributed by atoms with Crippen molar-refractivity contribution < 1.29 is 25.2 Å². The Hall–Kier alpha value is -0.690. The predicted octanol–water partition coefficient (Wildman–Crippen LogP) is -2.41. The smallest absolute Gasteiger partial charge is 0.346 e. The first kappa shape index (κ1) is 9.31. The fraction of sp³-hybridized carbons (Fsp3) is 0.750. The zero-order chi connectivity index (χ0) is 8.36. The minimum Gasteiger partial charge on any atom is -0.480 e. The normalized spacial score (nSPS) is 12.1. The van der Waals surface area contributed by atoms with Gasteiger partial charge in [0, 0.05) is 0 Å². The maximum absolute atomic E-state index is 9.88. The van der Waals surface area contributed by atoms with E-state index in [0.29, 0.717) is 4.90 Å². The third-order valence-electron chi connectivity index (χ3n) is 0.885. The van der Waals surface area contributed by atoms with Crippen LogP contribution < -0.4 is 0 Å². The zero-order valence-corrected chi connectivity index (χ0v) is 5.35. The summed E-state index contributed by atoms with van der Waals surface area (Å²) in [7, 11) is 1.05. The second kappa shape index (κ2) is 2.93. The van der Waals surface area contributed by atoms with Crippen LogP contribution in [0.4, 0.5) is 0 Å². The summed E-state index contributed by atoms with van der Waals surface area (Å²) in [5, 5.41) is 33.0. The molecule has 0 rings (SSSR count). The van der Waals surface area contributed by atoms with E-state index < -0.39 is 18.6 Å². The molecule has 0 heterocycles. The SMILES string of the molecule is CN(CC(=O)O)C(O)(O)O. The number of carboxylic acids is 1. The van der Waals surface area contributed by atoms with Crippen molar-refractivity contribution in [3.8, 4) is 0 Å². The minimum atomic E-state index is -3.06. The van der Waals surface area contributed by atoms with Crippen molar-refractivity contribution in [2.75, 3.05) is 13.6 Å². The summed E-state index contributed by atoms with van der Waals surface area (Å²) >= 11 is 0. The number of aliphatic carboxylic acids is 1. The molecule has 0 aromatic heterocycles. The topological polar surface area (TPSA) is 101 Å². The molecule has 0 spiro atoms. The first-order valence-electron chi connectivity index (χ1n) is 2.44. The van der Waals surface area contributed by atoms with E-state index >= 15 is 0 Å². The molecule has 0 aromatic carbocycles. The molecule has 4 N–H and O–H groups in total. The van der Waals surface area contributed by atoms with Gasteiger partial charge in [0.25, 0.3) is 0 Å². The van der Waals surface area contributed by atoms with Crippen LogP contribution in [-0.2, 0) is 4.79 Å². The molecule has 0 aliphatic carbocycles. The average Bonchev–Trinajstić information content (AvgIpc) is 1.60. The van der Waals surface area contributed by atoms with E-state index in [1.54, 1.807) is 0 Å². The maximum atomic E-state index is 9.88. The molecule has 0 aromatic rings. The monoisotopic (exact) mass is 151 g/mol. The fourth-order valence-corrected chi connectivity index (χ4v) is 0.309. The third-order valence-corrected chi connectivity index (χ3v) is 0.885. The van der Waals surface area contributed by atoms with Crippen molar-refractivity contribution in [3.63, 3.8) is 0 Å². The van der Waals surface area contributed by atoms with Gasteiger partial charge in [0.05, 0.1) is 0 Å². The van der Waals surface area contributed by atoms with Crippen molar-refractivity contribution in [1.29, 1.82) is 0 Å². The largest absolute Gasteiger partial charge is 0.480 e. The van der Waals surface area contributed by atoms with Gasteiger partial charge in [-0.25, -0.2) is 4.90 Å². The van der Waals surface area contributed by atoms with Gasteiger partial charge in [-0.05, 0) is 7.05 Å². The number of hydrogen-bond donors (Lipinski definition) is 4. The Morgan fingerprint density at radius 2 is 1.90 bits per heavy atom. The quantitative estimate of drug-likeness (QED) is 0.335. The highest BCUT2D eigenvalue weighted by Gasteiger charge is 2.26. The Labute approximate surface area is 56.9 Å². The predicted molar refractivity (Wildman–Crippen MR) is 29.7 cm³/mol. The van der Waals surface area contributed by atoms with E-state index in [2.05, 4.69) is 0 Å². The summed E-state index contributed by atoms with van der Waals surface area (Å²) in [6.07, 6.45) is -3.06. The van der Waals surface area contributed by atoms with Gasteiger partial charge in [0.1, 0.15) is 6.54 Å². The minimum absolute atomic E-state index is 0.454. The Bertz CT molecular complexity index is 128. The molecule has 0 saturated heterocycles. The molecule has 0 radical (unpaired) electrons. The van der Waals surface area contributed by atoms with Gasteiger partial charge in [0.15, 0.2) is 0 Å². The molecule has 0 atom stereocenters. The van der Waals surface area contributed by atoms with Gasteiger partial charge in [-0.1, -0.05) is 0 Å². The second-order valence-corrected chi connectivity index (χ2v) is 1.85. The van der Waals surface area contributed by atoms with Gasteiger partial charge < -0.3 is 20.4 Å². The molecule has 0 aliphatic heterocycles. The van der Waals surface area contributed by atoms with Crippen molar-refractivity contribution in [2.24, 2.45) is 0 Å². The molecule has 60 valence electrons. The summed E-state index contributed by atoms with van der Waals surface area (Å²) in [5.41, 5.74) is 0. The van der Waals surface area contributed by atoms with Crippen LogP contribution in [0.2, 0.25) is 0 Å². The summed E-state index contributed by atoms with van der Waals surface area (Å²) < 4.78 is 0. The molecule has 0 bridgehead atoms. The molecular formula is C4H9NO5. The number of carbonyl (C=O) groups is 1. The van der Waals surface area contributed by atoms with E-state index in [4.69, 9.17) is 20.4 Å². The molecule has 0 unspecified atom stereocenters. The number of rotatable bonds is 3. The Morgan fingerprint density at radius 3 is 2.00 bits per heavy atom. The van der Waals surface area contributed by atoms with Crippen LogP contribution in [0.15, 0.2) is 0 Å².